The zero-order valence-corrected chi connectivity index (χ0v) is 13.5. The van der Waals surface area contributed by atoms with Crippen molar-refractivity contribution in [2.75, 3.05) is 11.9 Å². The molecule has 124 valence electrons. The Morgan fingerprint density at radius 3 is 2.55 bits per heavy atom. The molecule has 6 heteroatoms. The fourth-order valence-corrected chi connectivity index (χ4v) is 1.95. The van der Waals surface area contributed by atoms with Gasteiger partial charge in [-0.15, -0.1) is 0 Å². The Morgan fingerprint density at radius 2 is 2.00 bits per heavy atom. The average Bonchev–Trinajstić information content (AvgIpc) is 2.38. The van der Waals surface area contributed by atoms with Crippen LogP contribution in [0, 0.1) is 11.7 Å². The summed E-state index contributed by atoms with van der Waals surface area (Å²) in [4.78, 5) is 11.7. The summed E-state index contributed by atoms with van der Waals surface area (Å²) in [5.41, 5.74) is 0.0620. The first-order valence-electron chi connectivity index (χ1n) is 7.47. The van der Waals surface area contributed by atoms with Crippen molar-refractivity contribution in [2.24, 2.45) is 5.92 Å². The van der Waals surface area contributed by atoms with Crippen LogP contribution in [0.3, 0.4) is 0 Å². The zero-order chi connectivity index (χ0) is 16.7. The lowest BCUT2D eigenvalue weighted by molar-refractivity contribution is 0.148. The van der Waals surface area contributed by atoms with E-state index in [1.54, 1.807) is 6.07 Å². The van der Waals surface area contributed by atoms with Crippen molar-refractivity contribution < 1.29 is 19.0 Å². The predicted molar refractivity (Wildman–Crippen MR) is 84.6 cm³/mol. The van der Waals surface area contributed by atoms with Crippen LogP contribution in [0.25, 0.3) is 0 Å². The van der Waals surface area contributed by atoms with Crippen LogP contribution >= 0.6 is 0 Å². The Balaban J connectivity index is 2.50. The highest BCUT2D eigenvalue weighted by atomic mass is 19.1. The van der Waals surface area contributed by atoms with E-state index in [1.165, 1.54) is 12.1 Å². The summed E-state index contributed by atoms with van der Waals surface area (Å²) < 4.78 is 19.2. The van der Waals surface area contributed by atoms with Crippen molar-refractivity contribution in [3.05, 3.63) is 24.0 Å². The number of nitrogens with one attached hydrogen (secondary N) is 2. The number of carbonyl (C=O) groups is 1. The predicted octanol–water partition coefficient (Wildman–Crippen LogP) is 3.14. The number of rotatable bonds is 7. The third-order valence-electron chi connectivity index (χ3n) is 2.80. The third kappa shape index (κ3) is 6.76. The fourth-order valence-electron chi connectivity index (χ4n) is 1.95. The topological polar surface area (TPSA) is 70.6 Å². The van der Waals surface area contributed by atoms with Crippen molar-refractivity contribution in [3.63, 3.8) is 0 Å². The second-order valence-electron chi connectivity index (χ2n) is 5.93. The normalized spacial score (nSPS) is 12.4. The molecule has 0 aliphatic heterocycles. The number of anilines is 1. The van der Waals surface area contributed by atoms with Gasteiger partial charge in [-0.25, -0.2) is 9.18 Å². The van der Waals surface area contributed by atoms with Crippen molar-refractivity contribution >= 4 is 11.7 Å². The highest BCUT2D eigenvalue weighted by molar-refractivity contribution is 5.89. The van der Waals surface area contributed by atoms with Gasteiger partial charge in [-0.2, -0.15) is 0 Å². The van der Waals surface area contributed by atoms with Gasteiger partial charge in [-0.05, 0) is 38.3 Å². The molecule has 0 heterocycles. The minimum atomic E-state index is -0.614. The number of carbonyl (C=O) groups excluding carboxylic acids is 1. The molecule has 1 unspecified atom stereocenters. The molecule has 1 aromatic carbocycles. The smallest absolute Gasteiger partial charge is 0.319 e. The van der Waals surface area contributed by atoms with Gasteiger partial charge in [0.1, 0.15) is 11.6 Å². The fraction of sp³-hybridized carbons (Fsp3) is 0.562. The summed E-state index contributed by atoms with van der Waals surface area (Å²) in [6.45, 7) is 7.79. The minimum absolute atomic E-state index is 0.0519. The molecule has 0 saturated carbocycles. The number of urea groups is 1. The van der Waals surface area contributed by atoms with E-state index in [0.717, 1.165) is 0 Å². The van der Waals surface area contributed by atoms with Gasteiger partial charge in [0, 0.05) is 12.6 Å². The molecule has 1 aromatic rings. The van der Waals surface area contributed by atoms with Crippen LogP contribution in [0.5, 0.6) is 5.75 Å². The molecule has 2 amide bonds. The molecule has 0 saturated heterocycles. The van der Waals surface area contributed by atoms with Crippen LogP contribution in [0.1, 0.15) is 34.1 Å². The lowest BCUT2D eigenvalue weighted by Gasteiger charge is -2.15. The lowest BCUT2D eigenvalue weighted by Crippen LogP contribution is -2.35. The Hall–Kier alpha value is -1.82. The summed E-state index contributed by atoms with van der Waals surface area (Å²) in [5.74, 6) is 0.174. The molecule has 1 atom stereocenters. The Morgan fingerprint density at radius 1 is 1.32 bits per heavy atom. The van der Waals surface area contributed by atoms with E-state index < -0.39 is 18.0 Å². The second kappa shape index (κ2) is 8.58. The molecule has 0 aromatic heterocycles. The summed E-state index contributed by atoms with van der Waals surface area (Å²) in [7, 11) is 0. The highest BCUT2D eigenvalue weighted by Gasteiger charge is 2.11. The molecule has 0 aliphatic rings. The number of benzene rings is 1. The van der Waals surface area contributed by atoms with E-state index >= 15 is 0 Å². The van der Waals surface area contributed by atoms with Crippen molar-refractivity contribution in [1.82, 2.24) is 5.32 Å². The zero-order valence-electron chi connectivity index (χ0n) is 13.5. The first kappa shape index (κ1) is 18.2. The molecule has 3 N–H and O–H groups in total. The van der Waals surface area contributed by atoms with Crippen LogP contribution in [0.2, 0.25) is 0 Å². The maximum atomic E-state index is 13.9. The van der Waals surface area contributed by atoms with Crippen LogP contribution in [-0.4, -0.2) is 29.9 Å². The second-order valence-corrected chi connectivity index (χ2v) is 5.93. The first-order valence-corrected chi connectivity index (χ1v) is 7.47. The number of aliphatic hydroxyl groups excluding tert-OH is 1. The van der Waals surface area contributed by atoms with Crippen molar-refractivity contribution in [3.8, 4) is 5.75 Å². The Kier molecular flexibility index (Phi) is 7.11. The summed E-state index contributed by atoms with van der Waals surface area (Å²) in [5, 5.41) is 14.6. The maximum Gasteiger partial charge on any atom is 0.319 e. The Bertz CT molecular complexity index is 492. The molecule has 0 bridgehead atoms. The van der Waals surface area contributed by atoms with E-state index in [1.807, 2.05) is 27.7 Å². The Labute approximate surface area is 130 Å². The van der Waals surface area contributed by atoms with Crippen LogP contribution < -0.4 is 15.4 Å². The number of halogens is 1. The van der Waals surface area contributed by atoms with Crippen LogP contribution in [0.4, 0.5) is 14.9 Å². The van der Waals surface area contributed by atoms with E-state index in [0.29, 0.717) is 18.1 Å². The van der Waals surface area contributed by atoms with Crippen molar-refractivity contribution in [1.29, 1.82) is 0 Å². The molecular weight excluding hydrogens is 287 g/mol. The number of ether oxygens (including phenoxy) is 1. The maximum absolute atomic E-state index is 13.9. The van der Waals surface area contributed by atoms with Gasteiger partial charge in [0.15, 0.2) is 0 Å². The van der Waals surface area contributed by atoms with E-state index in [2.05, 4.69) is 10.6 Å². The van der Waals surface area contributed by atoms with Gasteiger partial charge in [-0.3, -0.25) is 0 Å². The van der Waals surface area contributed by atoms with Crippen molar-refractivity contribution in [2.45, 2.75) is 46.3 Å². The summed E-state index contributed by atoms with van der Waals surface area (Å²) in [6.07, 6.45) is -0.0723. The molecule has 0 aliphatic carbocycles. The molecule has 0 spiro atoms. The van der Waals surface area contributed by atoms with Gasteiger partial charge in [-0.1, -0.05) is 13.8 Å². The molecule has 0 fully saturated rings. The number of aliphatic hydroxyl groups is 1. The van der Waals surface area contributed by atoms with Crippen LogP contribution in [-0.2, 0) is 0 Å². The molecule has 22 heavy (non-hydrogen) atoms. The van der Waals surface area contributed by atoms with Gasteiger partial charge in [0.05, 0.1) is 17.9 Å². The standard InChI is InChI=1S/C16H25FN2O3/c1-10(2)7-12(20)9-18-16(21)19-15-6-5-13(8-14(15)17)22-11(3)4/h5-6,8,10-12,20H,7,9H2,1-4H3,(H2,18,19,21). The third-order valence-corrected chi connectivity index (χ3v) is 2.80. The highest BCUT2D eigenvalue weighted by Crippen LogP contribution is 2.21. The van der Waals surface area contributed by atoms with Gasteiger partial charge in [0.25, 0.3) is 0 Å². The number of amides is 2. The molecule has 5 nitrogen and oxygen atoms in total. The monoisotopic (exact) mass is 312 g/mol. The van der Waals surface area contributed by atoms with E-state index in [4.69, 9.17) is 4.74 Å². The first-order chi connectivity index (χ1) is 10.3. The van der Waals surface area contributed by atoms with Gasteiger partial charge in [0.2, 0.25) is 0 Å². The lowest BCUT2D eigenvalue weighted by atomic mass is 10.1. The number of hydrogen-bond donors (Lipinski definition) is 3. The summed E-state index contributed by atoms with van der Waals surface area (Å²) in [6, 6.07) is 3.70. The average molecular weight is 312 g/mol. The minimum Gasteiger partial charge on any atom is -0.491 e. The molecular formula is C16H25FN2O3. The quantitative estimate of drug-likeness (QED) is 0.724. The summed E-state index contributed by atoms with van der Waals surface area (Å²) >= 11 is 0. The van der Waals surface area contributed by atoms with E-state index in [-0.39, 0.29) is 18.3 Å². The number of hydrogen-bond acceptors (Lipinski definition) is 3. The van der Waals surface area contributed by atoms with E-state index in [9.17, 15) is 14.3 Å². The SMILES string of the molecule is CC(C)CC(O)CNC(=O)Nc1ccc(OC(C)C)cc1F. The van der Waals surface area contributed by atoms with Gasteiger partial charge < -0.3 is 20.5 Å². The van der Waals surface area contributed by atoms with Crippen LogP contribution in [0.15, 0.2) is 18.2 Å². The van der Waals surface area contributed by atoms with Gasteiger partial charge >= 0.3 is 6.03 Å². The molecule has 0 radical (unpaired) electrons. The largest absolute Gasteiger partial charge is 0.491 e. The molecule has 1 rings (SSSR count).